The summed E-state index contributed by atoms with van der Waals surface area (Å²) in [5, 5.41) is 0. The van der Waals surface area contributed by atoms with Crippen LogP contribution < -0.4 is 4.74 Å². The third kappa shape index (κ3) is 7.90. The van der Waals surface area contributed by atoms with E-state index in [1.807, 2.05) is 50.2 Å². The predicted octanol–water partition coefficient (Wildman–Crippen LogP) is 7.97. The average Bonchev–Trinajstić information content (AvgIpc) is 3.04. The lowest BCUT2D eigenvalue weighted by molar-refractivity contribution is 0.309. The van der Waals surface area contributed by atoms with E-state index >= 15 is 4.39 Å². The van der Waals surface area contributed by atoms with Gasteiger partial charge in [-0.15, -0.1) is 0 Å². The van der Waals surface area contributed by atoms with Crippen LogP contribution in [-0.2, 0) is 19.3 Å². The standard InChI is InChI=1S/C37H35FN4O/c1-4-6-19-43-33-15-9-27(10-16-33)7-8-28-20-29(5-2)34(35(38)21-28)17-14-32-13-11-30(24-39-32)36-18-12-31(25-40-36)37-41-22-26(3)23-42-37/h9-13,15-16,18,20-25H,4-8,19H2,1-3H3. The molecule has 6 heteroatoms. The van der Waals surface area contributed by atoms with Crippen LogP contribution in [0.4, 0.5) is 4.39 Å². The maximum absolute atomic E-state index is 15.2. The van der Waals surface area contributed by atoms with Crippen LogP contribution in [0.3, 0.4) is 0 Å². The highest BCUT2D eigenvalue weighted by atomic mass is 19.1. The third-order valence-corrected chi connectivity index (χ3v) is 7.18. The number of aromatic nitrogens is 4. The van der Waals surface area contributed by atoms with Crippen molar-refractivity contribution in [1.29, 1.82) is 0 Å². The smallest absolute Gasteiger partial charge is 0.160 e. The summed E-state index contributed by atoms with van der Waals surface area (Å²) in [5.41, 5.74) is 7.59. The van der Waals surface area contributed by atoms with Crippen LogP contribution in [0.15, 0.2) is 85.5 Å². The average molecular weight is 571 g/mol. The molecule has 0 aliphatic rings. The Morgan fingerprint density at radius 2 is 1.49 bits per heavy atom. The van der Waals surface area contributed by atoms with Gasteiger partial charge in [-0.1, -0.05) is 44.4 Å². The van der Waals surface area contributed by atoms with Gasteiger partial charge < -0.3 is 4.74 Å². The summed E-state index contributed by atoms with van der Waals surface area (Å²) in [6.07, 6.45) is 11.5. The molecule has 0 N–H and O–H groups in total. The number of halogens is 1. The fraction of sp³-hybridized carbons (Fsp3) is 0.243. The van der Waals surface area contributed by atoms with Gasteiger partial charge in [-0.05, 0) is 103 Å². The zero-order valence-electron chi connectivity index (χ0n) is 24.9. The van der Waals surface area contributed by atoms with Crippen LogP contribution in [0.2, 0.25) is 0 Å². The third-order valence-electron chi connectivity index (χ3n) is 7.18. The highest BCUT2D eigenvalue weighted by Gasteiger charge is 2.10. The van der Waals surface area contributed by atoms with E-state index in [9.17, 15) is 0 Å². The number of benzene rings is 2. The van der Waals surface area contributed by atoms with Gasteiger partial charge in [-0.3, -0.25) is 4.98 Å². The minimum Gasteiger partial charge on any atom is -0.494 e. The van der Waals surface area contributed by atoms with Crippen LogP contribution in [0, 0.1) is 24.6 Å². The van der Waals surface area contributed by atoms with Crippen LogP contribution in [-0.4, -0.2) is 26.5 Å². The molecule has 2 aromatic carbocycles. The van der Waals surface area contributed by atoms with Crippen LogP contribution in [0.1, 0.15) is 60.2 Å². The lowest BCUT2D eigenvalue weighted by Gasteiger charge is -2.09. The van der Waals surface area contributed by atoms with Crippen molar-refractivity contribution in [2.24, 2.45) is 0 Å². The Balaban J connectivity index is 1.23. The molecule has 0 radical (unpaired) electrons. The first-order valence-corrected chi connectivity index (χ1v) is 14.8. The molecule has 0 aliphatic heterocycles. The van der Waals surface area contributed by atoms with E-state index in [-0.39, 0.29) is 5.82 Å². The van der Waals surface area contributed by atoms with Crippen molar-refractivity contribution in [2.75, 3.05) is 6.61 Å². The molecule has 0 fully saturated rings. The van der Waals surface area contributed by atoms with E-state index in [1.165, 1.54) is 5.56 Å². The van der Waals surface area contributed by atoms with E-state index in [0.717, 1.165) is 71.6 Å². The molecule has 0 bridgehead atoms. The Hall–Kier alpha value is -4.89. The van der Waals surface area contributed by atoms with Crippen molar-refractivity contribution in [3.05, 3.63) is 125 Å². The first kappa shape index (κ1) is 29.6. The molecule has 0 aliphatic carbocycles. The van der Waals surface area contributed by atoms with Gasteiger partial charge >= 0.3 is 0 Å². The number of pyridine rings is 2. The minimum absolute atomic E-state index is 0.292. The summed E-state index contributed by atoms with van der Waals surface area (Å²) in [4.78, 5) is 17.7. The van der Waals surface area contributed by atoms with Gasteiger partial charge in [0.15, 0.2) is 5.82 Å². The number of unbranched alkanes of at least 4 members (excludes halogenated alkanes) is 1. The Morgan fingerprint density at radius 1 is 0.744 bits per heavy atom. The van der Waals surface area contributed by atoms with Crippen LogP contribution in [0.5, 0.6) is 5.75 Å². The second-order valence-corrected chi connectivity index (χ2v) is 10.5. The van der Waals surface area contributed by atoms with Crippen molar-refractivity contribution in [1.82, 2.24) is 19.9 Å². The zero-order chi connectivity index (χ0) is 30.0. The van der Waals surface area contributed by atoms with Crippen LogP contribution >= 0.6 is 0 Å². The molecule has 216 valence electrons. The number of nitrogens with zero attached hydrogens (tertiary/aromatic N) is 4. The Morgan fingerprint density at radius 3 is 2.16 bits per heavy atom. The molecule has 5 nitrogen and oxygen atoms in total. The Kier molecular flexibility index (Phi) is 9.86. The van der Waals surface area contributed by atoms with Crippen molar-refractivity contribution in [3.8, 4) is 40.2 Å². The van der Waals surface area contributed by atoms with E-state index < -0.39 is 0 Å². The highest BCUT2D eigenvalue weighted by molar-refractivity contribution is 5.63. The molecule has 0 unspecified atom stereocenters. The predicted molar refractivity (Wildman–Crippen MR) is 169 cm³/mol. The van der Waals surface area contributed by atoms with Gasteiger partial charge in [-0.25, -0.2) is 19.3 Å². The molecule has 5 rings (SSSR count). The van der Waals surface area contributed by atoms with E-state index in [0.29, 0.717) is 23.5 Å². The van der Waals surface area contributed by atoms with Crippen molar-refractivity contribution < 1.29 is 9.13 Å². The molecule has 0 saturated heterocycles. The monoisotopic (exact) mass is 570 g/mol. The van der Waals surface area contributed by atoms with Crippen molar-refractivity contribution >= 4 is 0 Å². The fourth-order valence-electron chi connectivity index (χ4n) is 4.65. The van der Waals surface area contributed by atoms with Gasteiger partial charge in [0, 0.05) is 35.9 Å². The summed E-state index contributed by atoms with van der Waals surface area (Å²) in [6.45, 7) is 6.87. The summed E-state index contributed by atoms with van der Waals surface area (Å²) < 4.78 is 21.0. The number of hydrogen-bond donors (Lipinski definition) is 0. The van der Waals surface area contributed by atoms with E-state index in [2.05, 4.69) is 56.9 Å². The number of rotatable bonds is 10. The maximum atomic E-state index is 15.2. The van der Waals surface area contributed by atoms with Gasteiger partial charge in [0.25, 0.3) is 0 Å². The maximum Gasteiger partial charge on any atom is 0.160 e. The molecule has 0 atom stereocenters. The van der Waals surface area contributed by atoms with Gasteiger partial charge in [0.1, 0.15) is 17.3 Å². The summed E-state index contributed by atoms with van der Waals surface area (Å²) in [6, 6.07) is 19.5. The summed E-state index contributed by atoms with van der Waals surface area (Å²) in [5.74, 6) is 7.31. The SMILES string of the molecule is CCCCOc1ccc(CCc2cc(F)c(C#Cc3ccc(-c4ccc(-c5ncc(C)cn5)cn4)cn3)c(CC)c2)cc1. The van der Waals surface area contributed by atoms with Gasteiger partial charge in [-0.2, -0.15) is 0 Å². The van der Waals surface area contributed by atoms with E-state index in [1.54, 1.807) is 30.9 Å². The second-order valence-electron chi connectivity index (χ2n) is 10.5. The first-order valence-electron chi connectivity index (χ1n) is 14.8. The van der Waals surface area contributed by atoms with Crippen LogP contribution in [0.25, 0.3) is 22.6 Å². The lowest BCUT2D eigenvalue weighted by Crippen LogP contribution is -1.99. The quantitative estimate of drug-likeness (QED) is 0.126. The molecule has 43 heavy (non-hydrogen) atoms. The molecule has 3 heterocycles. The normalized spacial score (nSPS) is 10.7. The van der Waals surface area contributed by atoms with Gasteiger partial charge in [0.2, 0.25) is 0 Å². The summed E-state index contributed by atoms with van der Waals surface area (Å²) >= 11 is 0. The molecule has 5 aromatic rings. The number of aryl methyl sites for hydroxylation is 4. The highest BCUT2D eigenvalue weighted by Crippen LogP contribution is 2.22. The topological polar surface area (TPSA) is 60.8 Å². The molecule has 0 saturated carbocycles. The second kappa shape index (κ2) is 14.3. The van der Waals surface area contributed by atoms with Crippen molar-refractivity contribution in [3.63, 3.8) is 0 Å². The Labute approximate surface area is 253 Å². The lowest BCUT2D eigenvalue weighted by atomic mass is 9.97. The molecular weight excluding hydrogens is 535 g/mol. The number of hydrogen-bond acceptors (Lipinski definition) is 5. The first-order chi connectivity index (χ1) is 21.0. The molecule has 3 aromatic heterocycles. The largest absolute Gasteiger partial charge is 0.494 e. The fourth-order valence-corrected chi connectivity index (χ4v) is 4.65. The zero-order valence-corrected chi connectivity index (χ0v) is 24.9. The minimum atomic E-state index is -0.292. The van der Waals surface area contributed by atoms with E-state index in [4.69, 9.17) is 4.74 Å². The van der Waals surface area contributed by atoms with Gasteiger partial charge in [0.05, 0.1) is 17.9 Å². The molecule has 0 amide bonds. The Bertz CT molecular complexity index is 1700. The summed E-state index contributed by atoms with van der Waals surface area (Å²) in [7, 11) is 0. The number of ether oxygens (including phenoxy) is 1. The molecule has 0 spiro atoms. The molecular formula is C37H35FN4O. The van der Waals surface area contributed by atoms with Crippen molar-refractivity contribution in [2.45, 2.75) is 52.9 Å².